The van der Waals surface area contributed by atoms with Gasteiger partial charge in [0.25, 0.3) is 0 Å². The van der Waals surface area contributed by atoms with Gasteiger partial charge in [0.2, 0.25) is 5.60 Å². The second-order valence-corrected chi connectivity index (χ2v) is 6.84. The molecule has 29 heavy (non-hydrogen) atoms. The van der Waals surface area contributed by atoms with E-state index in [1.807, 2.05) is 65.4 Å². The van der Waals surface area contributed by atoms with E-state index in [4.69, 9.17) is 4.74 Å². The molecule has 0 N–H and O–H groups in total. The summed E-state index contributed by atoms with van der Waals surface area (Å²) in [6.45, 7) is 0.601. The molecule has 0 radical (unpaired) electrons. The maximum absolute atomic E-state index is 9.83. The second kappa shape index (κ2) is 7.88. The quantitative estimate of drug-likeness (QED) is 0.619. The first kappa shape index (κ1) is 18.3. The third kappa shape index (κ3) is 3.95. The van der Waals surface area contributed by atoms with Crippen LogP contribution in [0.3, 0.4) is 0 Å². The minimum Gasteiger partial charge on any atom is -0.464 e. The molecule has 1 heterocycles. The minimum atomic E-state index is -1.25. The van der Waals surface area contributed by atoms with Crippen LogP contribution in [0.4, 0.5) is 0 Å². The first-order valence-electron chi connectivity index (χ1n) is 9.24. The number of rotatable bonds is 5. The third-order valence-electron chi connectivity index (χ3n) is 4.83. The molecule has 1 aliphatic rings. The number of aromatic nitrogens is 2. The summed E-state index contributed by atoms with van der Waals surface area (Å²) in [4.78, 5) is 4.04. The molecule has 4 rings (SSSR count). The fraction of sp³-hybridized carbons (Fsp3) is 0.125. The van der Waals surface area contributed by atoms with E-state index in [9.17, 15) is 10.5 Å². The highest BCUT2D eigenvalue weighted by Gasteiger charge is 2.30. The molecule has 0 bridgehead atoms. The van der Waals surface area contributed by atoms with Crippen molar-refractivity contribution >= 4 is 0 Å². The Morgan fingerprint density at radius 2 is 1.86 bits per heavy atom. The highest BCUT2D eigenvalue weighted by Crippen LogP contribution is 2.32. The smallest absolute Gasteiger partial charge is 0.231 e. The van der Waals surface area contributed by atoms with Gasteiger partial charge in [0.15, 0.2) is 0 Å². The van der Waals surface area contributed by atoms with E-state index in [1.54, 1.807) is 30.7 Å². The van der Waals surface area contributed by atoms with Crippen molar-refractivity contribution in [3.05, 3.63) is 108 Å². The van der Waals surface area contributed by atoms with Gasteiger partial charge in [0.05, 0.1) is 11.9 Å². The lowest BCUT2D eigenvalue weighted by molar-refractivity contribution is 0.226. The number of benzene rings is 2. The standard InChI is InChI=1S/C24H18N4O/c25-15-22-7-6-19(16-28-13-12-27-18-28)14-23(22)29-24(17-26)10-8-21(9-11-24)20-4-2-1-3-5-20/h1-14,18,21H,16H2. The molecule has 0 saturated heterocycles. The van der Waals surface area contributed by atoms with Crippen molar-refractivity contribution in [3.63, 3.8) is 0 Å². The Morgan fingerprint density at radius 3 is 2.52 bits per heavy atom. The van der Waals surface area contributed by atoms with Gasteiger partial charge in [0.1, 0.15) is 17.9 Å². The van der Waals surface area contributed by atoms with Gasteiger partial charge in [-0.15, -0.1) is 0 Å². The summed E-state index contributed by atoms with van der Waals surface area (Å²) < 4.78 is 8.00. The summed E-state index contributed by atoms with van der Waals surface area (Å²) in [6, 6.07) is 19.8. The molecule has 1 aliphatic carbocycles. The fourth-order valence-electron chi connectivity index (χ4n) is 3.29. The van der Waals surface area contributed by atoms with E-state index in [1.165, 1.54) is 0 Å². The molecule has 0 amide bonds. The van der Waals surface area contributed by atoms with Gasteiger partial charge in [0, 0.05) is 24.9 Å². The van der Waals surface area contributed by atoms with E-state index in [2.05, 4.69) is 17.1 Å². The molecule has 0 spiro atoms. The van der Waals surface area contributed by atoms with Gasteiger partial charge < -0.3 is 9.30 Å². The number of nitriles is 2. The summed E-state index contributed by atoms with van der Waals surface area (Å²) in [5, 5.41) is 19.3. The highest BCUT2D eigenvalue weighted by atomic mass is 16.5. The predicted octanol–water partition coefficient (Wildman–Crippen LogP) is 4.35. The zero-order valence-corrected chi connectivity index (χ0v) is 15.6. The SMILES string of the molecule is N#Cc1ccc(Cn2ccnc2)cc1OC1(C#N)C=CC(c2ccccc2)C=C1. The Labute approximate surface area is 169 Å². The van der Waals surface area contributed by atoms with E-state index in [-0.39, 0.29) is 5.92 Å². The number of hydrogen-bond donors (Lipinski definition) is 0. The average Bonchev–Trinajstić information content (AvgIpc) is 3.28. The molecule has 2 aromatic carbocycles. The number of allylic oxidation sites excluding steroid dienone is 2. The summed E-state index contributed by atoms with van der Waals surface area (Å²) in [6.07, 6.45) is 12.7. The Balaban J connectivity index is 1.59. The Kier molecular flexibility index (Phi) is 4.97. The normalized spacial score (nSPS) is 20.0. The number of hydrogen-bond acceptors (Lipinski definition) is 4. The topological polar surface area (TPSA) is 74.6 Å². The van der Waals surface area contributed by atoms with Crippen molar-refractivity contribution in [1.29, 1.82) is 10.5 Å². The zero-order valence-electron chi connectivity index (χ0n) is 15.6. The van der Waals surface area contributed by atoms with Gasteiger partial charge >= 0.3 is 0 Å². The molecule has 0 unspecified atom stereocenters. The van der Waals surface area contributed by atoms with Crippen LogP contribution in [0.2, 0.25) is 0 Å². The van der Waals surface area contributed by atoms with Crippen LogP contribution in [0.5, 0.6) is 5.75 Å². The molecule has 3 aromatic rings. The second-order valence-electron chi connectivity index (χ2n) is 6.84. The van der Waals surface area contributed by atoms with E-state index in [0.717, 1.165) is 11.1 Å². The molecule has 140 valence electrons. The van der Waals surface area contributed by atoms with Gasteiger partial charge in [-0.05, 0) is 35.4 Å². The summed E-state index contributed by atoms with van der Waals surface area (Å²) in [5.74, 6) is 0.475. The number of imidazole rings is 1. The van der Waals surface area contributed by atoms with Crippen molar-refractivity contribution in [1.82, 2.24) is 9.55 Å². The lowest BCUT2D eigenvalue weighted by Crippen LogP contribution is -2.31. The lowest BCUT2D eigenvalue weighted by Gasteiger charge is -2.26. The largest absolute Gasteiger partial charge is 0.464 e. The van der Waals surface area contributed by atoms with Crippen LogP contribution >= 0.6 is 0 Å². The van der Waals surface area contributed by atoms with Gasteiger partial charge in [-0.2, -0.15) is 10.5 Å². The number of nitrogens with zero attached hydrogens (tertiary/aromatic N) is 4. The molecular formula is C24H18N4O. The Hall–Kier alpha value is -4.09. The van der Waals surface area contributed by atoms with E-state index < -0.39 is 5.60 Å². The van der Waals surface area contributed by atoms with Crippen LogP contribution in [0.25, 0.3) is 0 Å². The maximum atomic E-state index is 9.83. The van der Waals surface area contributed by atoms with Crippen molar-refractivity contribution in [2.24, 2.45) is 0 Å². The van der Waals surface area contributed by atoms with Gasteiger partial charge in [-0.1, -0.05) is 48.6 Å². The van der Waals surface area contributed by atoms with Gasteiger partial charge in [-0.3, -0.25) is 0 Å². The fourth-order valence-corrected chi connectivity index (χ4v) is 3.29. The molecule has 0 fully saturated rings. The lowest BCUT2D eigenvalue weighted by atomic mass is 9.89. The van der Waals surface area contributed by atoms with E-state index in [0.29, 0.717) is 17.9 Å². The van der Waals surface area contributed by atoms with Crippen LogP contribution in [0, 0.1) is 22.7 Å². The summed E-state index contributed by atoms with van der Waals surface area (Å²) >= 11 is 0. The van der Waals surface area contributed by atoms with Crippen molar-refractivity contribution in [2.75, 3.05) is 0 Å². The summed E-state index contributed by atoms with van der Waals surface area (Å²) in [5.41, 5.74) is 1.24. The molecular weight excluding hydrogens is 360 g/mol. The molecule has 1 aromatic heterocycles. The van der Waals surface area contributed by atoms with Crippen LogP contribution in [-0.2, 0) is 6.54 Å². The highest BCUT2D eigenvalue weighted by molar-refractivity contribution is 5.48. The van der Waals surface area contributed by atoms with Crippen molar-refractivity contribution < 1.29 is 4.74 Å². The van der Waals surface area contributed by atoms with Gasteiger partial charge in [-0.25, -0.2) is 4.98 Å². The monoisotopic (exact) mass is 378 g/mol. The number of ether oxygens (including phenoxy) is 1. The Bertz CT molecular complexity index is 1120. The predicted molar refractivity (Wildman–Crippen MR) is 109 cm³/mol. The molecule has 5 nitrogen and oxygen atoms in total. The van der Waals surface area contributed by atoms with Crippen molar-refractivity contribution in [3.8, 4) is 17.9 Å². The Morgan fingerprint density at radius 1 is 1.07 bits per heavy atom. The molecule has 0 saturated carbocycles. The van der Waals surface area contributed by atoms with Crippen molar-refractivity contribution in [2.45, 2.75) is 18.1 Å². The average molecular weight is 378 g/mol. The third-order valence-corrected chi connectivity index (χ3v) is 4.83. The zero-order chi connectivity index (χ0) is 20.1. The molecule has 0 atom stereocenters. The van der Waals surface area contributed by atoms with Crippen LogP contribution in [-0.4, -0.2) is 15.2 Å². The first-order valence-corrected chi connectivity index (χ1v) is 9.24. The molecule has 0 aliphatic heterocycles. The van der Waals surface area contributed by atoms with Crippen LogP contribution < -0.4 is 4.74 Å². The summed E-state index contributed by atoms with van der Waals surface area (Å²) in [7, 11) is 0. The van der Waals surface area contributed by atoms with Crippen LogP contribution in [0.15, 0.2) is 91.6 Å². The first-order chi connectivity index (χ1) is 14.2. The van der Waals surface area contributed by atoms with Crippen LogP contribution in [0.1, 0.15) is 22.6 Å². The maximum Gasteiger partial charge on any atom is 0.231 e. The van der Waals surface area contributed by atoms with E-state index >= 15 is 0 Å². The minimum absolute atomic E-state index is 0.0873. The molecule has 5 heteroatoms.